The summed E-state index contributed by atoms with van der Waals surface area (Å²) in [5.74, 6) is -3.84. The lowest BCUT2D eigenvalue weighted by Gasteiger charge is -2.50. The normalized spacial score (nSPS) is 22.6. The van der Waals surface area contributed by atoms with E-state index in [-0.39, 0.29) is 17.6 Å². The second-order valence-electron chi connectivity index (χ2n) is 13.5. The Hall–Kier alpha value is -5.42. The summed E-state index contributed by atoms with van der Waals surface area (Å²) in [5.41, 5.74) is 4.10. The highest BCUT2D eigenvalue weighted by atomic mass is 19.4. The minimum Gasteiger partial charge on any atom is -0.542 e. The quantitative estimate of drug-likeness (QED) is 0.297. The molecule has 3 aromatic rings. The summed E-state index contributed by atoms with van der Waals surface area (Å²) in [6.07, 6.45) is 2.42. The lowest BCUT2D eigenvalue weighted by atomic mass is 9.55. The van der Waals surface area contributed by atoms with Crippen LogP contribution in [0.5, 0.6) is 5.75 Å². The number of benzene rings is 1. The second kappa shape index (κ2) is 16.7. The first kappa shape index (κ1) is 41.3. The molecular formula is C36H38F6N4O8. The van der Waals surface area contributed by atoms with Crippen LogP contribution < -0.4 is 34.7 Å². The Balaban J connectivity index is 0.000000396. The van der Waals surface area contributed by atoms with Gasteiger partial charge >= 0.3 is 24.5 Å². The molecule has 0 unspecified atom stereocenters. The Morgan fingerprint density at radius 3 is 1.76 bits per heavy atom. The molecule has 2 aromatic heterocycles. The van der Waals surface area contributed by atoms with Crippen molar-refractivity contribution in [1.29, 1.82) is 0 Å². The van der Waals surface area contributed by atoms with Gasteiger partial charge in [-0.15, -0.1) is 0 Å². The number of nitrogens with zero attached hydrogens (tertiary/aromatic N) is 2. The number of ether oxygens (including phenoxy) is 2. The summed E-state index contributed by atoms with van der Waals surface area (Å²) in [5, 5.41) is 23.3. The van der Waals surface area contributed by atoms with Crippen LogP contribution in [0.15, 0.2) is 67.3 Å². The van der Waals surface area contributed by atoms with Gasteiger partial charge in [-0.1, -0.05) is 13.0 Å². The van der Waals surface area contributed by atoms with Gasteiger partial charge in [-0.05, 0) is 79.5 Å². The third kappa shape index (κ3) is 10.6. The molecule has 6 rings (SSSR count). The second-order valence-corrected chi connectivity index (χ2v) is 13.5. The first-order chi connectivity index (χ1) is 25.2. The number of hydrogen-bond acceptors (Lipinski definition) is 8. The number of anilines is 2. The molecule has 18 heteroatoms. The zero-order chi connectivity index (χ0) is 40.0. The van der Waals surface area contributed by atoms with Crippen LogP contribution in [0.4, 0.5) is 47.3 Å². The average Bonchev–Trinajstić information content (AvgIpc) is 3.41. The molecule has 5 atom stereocenters. The van der Waals surface area contributed by atoms with Crippen LogP contribution in [0.1, 0.15) is 56.1 Å². The highest BCUT2D eigenvalue weighted by Crippen LogP contribution is 2.61. The van der Waals surface area contributed by atoms with Crippen LogP contribution in [0.25, 0.3) is 0 Å². The molecular weight excluding hydrogens is 730 g/mol. The van der Waals surface area contributed by atoms with Crippen LogP contribution in [0.2, 0.25) is 0 Å². The maximum absolute atomic E-state index is 12.8. The predicted octanol–water partition coefficient (Wildman–Crippen LogP) is 4.02. The van der Waals surface area contributed by atoms with E-state index in [1.54, 1.807) is 0 Å². The number of aliphatic carboxylic acids is 2. The summed E-state index contributed by atoms with van der Waals surface area (Å²) in [4.78, 5) is 42.8. The highest BCUT2D eigenvalue weighted by Gasteiger charge is 2.56. The van der Waals surface area contributed by atoms with E-state index in [1.807, 2.05) is 84.4 Å². The number of carbonyl (C=O) groups excluding carboxylic acids is 4. The number of carboxylic acids is 2. The molecule has 3 aliphatic rings. The van der Waals surface area contributed by atoms with Crippen molar-refractivity contribution in [2.75, 3.05) is 10.6 Å². The molecule has 2 heterocycles. The van der Waals surface area contributed by atoms with E-state index in [0.29, 0.717) is 29.2 Å². The average molecular weight is 769 g/mol. The monoisotopic (exact) mass is 768 g/mol. The fourth-order valence-corrected chi connectivity index (χ4v) is 7.46. The van der Waals surface area contributed by atoms with Gasteiger partial charge < -0.3 is 29.3 Å². The molecule has 0 radical (unpaired) electrons. The number of pyridine rings is 2. The van der Waals surface area contributed by atoms with Gasteiger partial charge in [0.15, 0.2) is 24.8 Å². The van der Waals surface area contributed by atoms with Gasteiger partial charge in [0.25, 0.3) is 0 Å². The summed E-state index contributed by atoms with van der Waals surface area (Å²) in [6, 6.07) is 13.5. The Morgan fingerprint density at radius 1 is 0.759 bits per heavy atom. The van der Waals surface area contributed by atoms with Gasteiger partial charge in [0.2, 0.25) is 0 Å². The van der Waals surface area contributed by atoms with Crippen molar-refractivity contribution in [2.45, 2.75) is 69.8 Å². The molecule has 2 fully saturated rings. The molecule has 2 saturated carbocycles. The van der Waals surface area contributed by atoms with Crippen LogP contribution in [-0.4, -0.2) is 42.6 Å². The third-order valence-electron chi connectivity index (χ3n) is 9.98. The van der Waals surface area contributed by atoms with Crippen LogP contribution >= 0.6 is 0 Å². The topological polar surface area (TPSA) is 165 Å². The first-order valence-corrected chi connectivity index (χ1v) is 16.7. The molecule has 0 saturated heterocycles. The fraction of sp³-hybridized carbons (Fsp3) is 0.444. The Labute approximate surface area is 305 Å². The highest BCUT2D eigenvalue weighted by molar-refractivity contribution is 5.86. The zero-order valence-electron chi connectivity index (χ0n) is 29.3. The van der Waals surface area contributed by atoms with Crippen molar-refractivity contribution in [2.24, 2.45) is 31.3 Å². The minimum atomic E-state index is -5.19. The van der Waals surface area contributed by atoms with Crippen molar-refractivity contribution >= 4 is 35.5 Å². The van der Waals surface area contributed by atoms with E-state index in [9.17, 15) is 35.9 Å². The molecule has 0 spiro atoms. The number of rotatable bonds is 4. The standard InChI is InChI=1S/C32H36N4O4.2C2HF3O2/c1-32-15-10-26-25-7-5-24(39-30(37)33-22-11-16-35(2)17-12-22)20-21(25)4-6-27(26)28(32)8-9-29(32)40-31(38)34-23-13-18-36(3)19-14-23;2*3-2(4,5)1(6)7/h5,7,11-14,16-20,26-29H,4,6,8-10,15H2,1-3H3;2*(H,6,7)/t26-,27-,28+,29+,32+;;/m1../s1. The molecule has 3 aliphatic carbocycles. The Kier molecular flexibility index (Phi) is 12.8. The van der Waals surface area contributed by atoms with Crippen molar-refractivity contribution in [1.82, 2.24) is 0 Å². The molecule has 0 bridgehead atoms. The van der Waals surface area contributed by atoms with Gasteiger partial charge in [-0.2, -0.15) is 26.3 Å². The van der Waals surface area contributed by atoms with Gasteiger partial charge in [0.05, 0.1) is 11.4 Å². The molecule has 1 aromatic carbocycles. The Bertz CT molecular complexity index is 1800. The first-order valence-electron chi connectivity index (χ1n) is 16.7. The molecule has 0 aliphatic heterocycles. The van der Waals surface area contributed by atoms with Gasteiger partial charge in [0, 0.05) is 29.7 Å². The van der Waals surface area contributed by atoms with Crippen molar-refractivity contribution in [3.8, 4) is 5.75 Å². The van der Waals surface area contributed by atoms with Crippen molar-refractivity contribution < 1.29 is 74.3 Å². The number of aromatic nitrogens is 2. The number of alkyl halides is 6. The molecule has 12 nitrogen and oxygen atoms in total. The molecule has 54 heavy (non-hydrogen) atoms. The molecule has 2 N–H and O–H groups in total. The zero-order valence-corrected chi connectivity index (χ0v) is 29.3. The van der Waals surface area contributed by atoms with E-state index < -0.39 is 30.4 Å². The number of carbonyl (C=O) groups is 4. The molecule has 2 amide bonds. The van der Waals surface area contributed by atoms with Gasteiger partial charge in [-0.3, -0.25) is 10.6 Å². The van der Waals surface area contributed by atoms with Crippen LogP contribution in [-0.2, 0) is 34.8 Å². The maximum Gasteiger partial charge on any atom is 0.430 e. The van der Waals surface area contributed by atoms with Crippen LogP contribution in [0.3, 0.4) is 0 Å². The van der Waals surface area contributed by atoms with Crippen molar-refractivity contribution in [3.63, 3.8) is 0 Å². The third-order valence-corrected chi connectivity index (χ3v) is 9.98. The van der Waals surface area contributed by atoms with Crippen LogP contribution in [0, 0.1) is 17.3 Å². The maximum atomic E-state index is 12.8. The number of nitrogens with one attached hydrogen (secondary N) is 2. The molecule has 292 valence electrons. The van der Waals surface area contributed by atoms with E-state index in [1.165, 1.54) is 11.1 Å². The predicted molar refractivity (Wildman–Crippen MR) is 172 cm³/mol. The number of amides is 2. The lowest BCUT2D eigenvalue weighted by molar-refractivity contribution is -0.671. The number of hydrogen-bond donors (Lipinski definition) is 2. The van der Waals surface area contributed by atoms with E-state index in [0.717, 1.165) is 44.2 Å². The summed E-state index contributed by atoms with van der Waals surface area (Å²) < 4.78 is 78.6. The van der Waals surface area contributed by atoms with Gasteiger partial charge in [-0.25, -0.2) is 18.7 Å². The van der Waals surface area contributed by atoms with E-state index in [2.05, 4.69) is 23.6 Å². The summed E-state index contributed by atoms with van der Waals surface area (Å²) >= 11 is 0. The minimum absolute atomic E-state index is 0.00520. The largest absolute Gasteiger partial charge is 0.542 e. The van der Waals surface area contributed by atoms with E-state index in [4.69, 9.17) is 29.3 Å². The number of aryl methyl sites for hydroxylation is 3. The van der Waals surface area contributed by atoms with Crippen molar-refractivity contribution in [3.05, 3.63) is 78.4 Å². The smallest absolute Gasteiger partial charge is 0.430 e. The Morgan fingerprint density at radius 2 is 1.26 bits per heavy atom. The summed E-state index contributed by atoms with van der Waals surface area (Å²) in [6.45, 7) is 2.33. The van der Waals surface area contributed by atoms with Gasteiger partial charge in [0.1, 0.15) is 37.9 Å². The van der Waals surface area contributed by atoms with E-state index >= 15 is 0 Å². The SMILES string of the molecule is C[n+]1ccc(NC(=O)Oc2ccc3c(c2)CC[C@@H]2[C@@H]3CC[C@]3(C)[C@@H](OC(=O)Nc4cc[n+](C)cc4)CC[C@@H]23)cc1.O=C([O-])C(F)(F)F.O=C([O-])C(F)(F)F. The lowest BCUT2D eigenvalue weighted by Crippen LogP contribution is -2.45. The summed E-state index contributed by atoms with van der Waals surface area (Å²) in [7, 11) is 3.87. The number of fused-ring (bicyclic) bond motifs is 5. The number of carboxylic acid groups (broad SMARTS) is 2. The fourth-order valence-electron chi connectivity index (χ4n) is 7.46. The number of halogens is 6.